The SMILES string of the molecule is Cc1cccc(CC(=O)N2CC(C)(O)C2)c1. The van der Waals surface area contributed by atoms with Crippen molar-refractivity contribution in [2.75, 3.05) is 13.1 Å². The lowest BCUT2D eigenvalue weighted by Gasteiger charge is -2.44. The van der Waals surface area contributed by atoms with Gasteiger partial charge in [0.2, 0.25) is 5.91 Å². The summed E-state index contributed by atoms with van der Waals surface area (Å²) in [5, 5.41) is 9.55. The van der Waals surface area contributed by atoms with Gasteiger partial charge in [0, 0.05) is 0 Å². The zero-order chi connectivity index (χ0) is 11.8. The highest BCUT2D eigenvalue weighted by molar-refractivity contribution is 5.79. The molecule has 1 aliphatic rings. The number of hydrogen-bond acceptors (Lipinski definition) is 2. The van der Waals surface area contributed by atoms with Gasteiger partial charge in [0.05, 0.1) is 25.1 Å². The second-order valence-electron chi connectivity index (χ2n) is 4.91. The predicted molar refractivity (Wildman–Crippen MR) is 62.1 cm³/mol. The van der Waals surface area contributed by atoms with Crippen LogP contribution in [0, 0.1) is 6.92 Å². The predicted octanol–water partition coefficient (Wildman–Crippen LogP) is 1.13. The number of aliphatic hydroxyl groups is 1. The summed E-state index contributed by atoms with van der Waals surface area (Å²) < 4.78 is 0. The number of likely N-dealkylation sites (tertiary alicyclic amines) is 1. The highest BCUT2D eigenvalue weighted by Gasteiger charge is 2.38. The van der Waals surface area contributed by atoms with Crippen molar-refractivity contribution in [3.63, 3.8) is 0 Å². The molecule has 1 aliphatic heterocycles. The van der Waals surface area contributed by atoms with Crippen LogP contribution < -0.4 is 0 Å². The van der Waals surface area contributed by atoms with Crippen molar-refractivity contribution < 1.29 is 9.90 Å². The van der Waals surface area contributed by atoms with E-state index in [0.29, 0.717) is 19.5 Å². The molecule has 1 aromatic carbocycles. The van der Waals surface area contributed by atoms with Gasteiger partial charge in [-0.05, 0) is 19.4 Å². The second kappa shape index (κ2) is 3.91. The molecule has 86 valence electrons. The molecule has 0 bridgehead atoms. The fourth-order valence-corrected chi connectivity index (χ4v) is 2.06. The van der Waals surface area contributed by atoms with Crippen LogP contribution in [-0.2, 0) is 11.2 Å². The van der Waals surface area contributed by atoms with Crippen LogP contribution in [0.15, 0.2) is 24.3 Å². The van der Waals surface area contributed by atoms with Crippen LogP contribution in [0.25, 0.3) is 0 Å². The standard InChI is InChI=1S/C13H17NO2/c1-10-4-3-5-11(6-10)7-12(15)14-8-13(2,16)9-14/h3-6,16H,7-9H2,1-2H3. The molecule has 1 amide bonds. The first-order chi connectivity index (χ1) is 7.46. The highest BCUT2D eigenvalue weighted by Crippen LogP contribution is 2.20. The summed E-state index contributed by atoms with van der Waals surface area (Å²) in [6.45, 7) is 4.68. The molecule has 0 spiro atoms. The number of nitrogens with zero attached hydrogens (tertiary/aromatic N) is 1. The quantitative estimate of drug-likeness (QED) is 0.810. The van der Waals surface area contributed by atoms with Crippen LogP contribution in [0.5, 0.6) is 0 Å². The van der Waals surface area contributed by atoms with Gasteiger partial charge in [0.15, 0.2) is 0 Å². The van der Waals surface area contributed by atoms with Gasteiger partial charge in [0.1, 0.15) is 0 Å². The molecule has 1 N–H and O–H groups in total. The third-order valence-electron chi connectivity index (χ3n) is 2.85. The molecular formula is C13H17NO2. The zero-order valence-electron chi connectivity index (χ0n) is 9.73. The van der Waals surface area contributed by atoms with E-state index in [1.54, 1.807) is 11.8 Å². The Morgan fingerprint density at radius 1 is 1.50 bits per heavy atom. The second-order valence-corrected chi connectivity index (χ2v) is 4.91. The maximum atomic E-state index is 11.8. The largest absolute Gasteiger partial charge is 0.386 e. The van der Waals surface area contributed by atoms with E-state index in [2.05, 4.69) is 0 Å². The molecule has 3 nitrogen and oxygen atoms in total. The number of carbonyl (C=O) groups is 1. The molecule has 1 saturated heterocycles. The first-order valence-electron chi connectivity index (χ1n) is 5.52. The van der Waals surface area contributed by atoms with Crippen molar-refractivity contribution in [3.8, 4) is 0 Å². The average Bonchev–Trinajstić information content (AvgIpc) is 2.13. The number of amides is 1. The normalized spacial score (nSPS) is 18.1. The third kappa shape index (κ3) is 2.42. The highest BCUT2D eigenvalue weighted by atomic mass is 16.3. The summed E-state index contributed by atoms with van der Waals surface area (Å²) >= 11 is 0. The molecule has 16 heavy (non-hydrogen) atoms. The Morgan fingerprint density at radius 2 is 2.19 bits per heavy atom. The Balaban J connectivity index is 1.94. The molecular weight excluding hydrogens is 202 g/mol. The van der Waals surface area contributed by atoms with Gasteiger partial charge in [-0.25, -0.2) is 0 Å². The van der Waals surface area contributed by atoms with Gasteiger partial charge < -0.3 is 10.0 Å². The molecule has 0 radical (unpaired) electrons. The fourth-order valence-electron chi connectivity index (χ4n) is 2.06. The monoisotopic (exact) mass is 219 g/mol. The van der Waals surface area contributed by atoms with Crippen LogP contribution >= 0.6 is 0 Å². The lowest BCUT2D eigenvalue weighted by Crippen LogP contribution is -2.62. The smallest absolute Gasteiger partial charge is 0.227 e. The van der Waals surface area contributed by atoms with Gasteiger partial charge in [-0.3, -0.25) is 4.79 Å². The molecule has 1 fully saturated rings. The number of β-amino-alcohol motifs (C(OH)–C–C–N with tert-alkyl or cyclic N) is 1. The molecule has 2 rings (SSSR count). The number of rotatable bonds is 2. The third-order valence-corrected chi connectivity index (χ3v) is 2.85. The Morgan fingerprint density at radius 3 is 2.75 bits per heavy atom. The summed E-state index contributed by atoms with van der Waals surface area (Å²) in [6, 6.07) is 7.96. The van der Waals surface area contributed by atoms with Crippen LogP contribution in [0.1, 0.15) is 18.1 Å². The minimum Gasteiger partial charge on any atom is -0.386 e. The summed E-state index contributed by atoms with van der Waals surface area (Å²) in [6.07, 6.45) is 0.428. The van der Waals surface area contributed by atoms with Crippen LogP contribution in [-0.4, -0.2) is 34.6 Å². The maximum absolute atomic E-state index is 11.8. The summed E-state index contributed by atoms with van der Waals surface area (Å²) in [5.74, 6) is 0.0946. The van der Waals surface area contributed by atoms with Crippen LogP contribution in [0.3, 0.4) is 0 Å². The minimum absolute atomic E-state index is 0.0946. The van der Waals surface area contributed by atoms with Gasteiger partial charge >= 0.3 is 0 Å². The van der Waals surface area contributed by atoms with Gasteiger partial charge in [-0.15, -0.1) is 0 Å². The number of hydrogen-bond donors (Lipinski definition) is 1. The van der Waals surface area contributed by atoms with Gasteiger partial charge in [-0.2, -0.15) is 0 Å². The van der Waals surface area contributed by atoms with E-state index >= 15 is 0 Å². The zero-order valence-corrected chi connectivity index (χ0v) is 9.73. The molecule has 0 unspecified atom stereocenters. The Kier molecular flexibility index (Phi) is 2.72. The van der Waals surface area contributed by atoms with Crippen molar-refractivity contribution >= 4 is 5.91 Å². The molecule has 1 aromatic rings. The van der Waals surface area contributed by atoms with Crippen molar-refractivity contribution in [3.05, 3.63) is 35.4 Å². The summed E-state index contributed by atoms with van der Waals surface area (Å²) in [4.78, 5) is 13.5. The van der Waals surface area contributed by atoms with Gasteiger partial charge in [-0.1, -0.05) is 29.8 Å². The van der Waals surface area contributed by atoms with E-state index in [1.165, 1.54) is 5.56 Å². The molecule has 0 aliphatic carbocycles. The van der Waals surface area contributed by atoms with E-state index in [-0.39, 0.29) is 5.91 Å². The average molecular weight is 219 g/mol. The van der Waals surface area contributed by atoms with Crippen molar-refractivity contribution in [2.45, 2.75) is 25.9 Å². The van der Waals surface area contributed by atoms with E-state index in [0.717, 1.165) is 5.56 Å². The Bertz CT molecular complexity index is 404. The van der Waals surface area contributed by atoms with Crippen molar-refractivity contribution in [1.29, 1.82) is 0 Å². The van der Waals surface area contributed by atoms with E-state index in [4.69, 9.17) is 0 Å². The minimum atomic E-state index is -0.678. The van der Waals surface area contributed by atoms with Gasteiger partial charge in [0.25, 0.3) is 0 Å². The summed E-state index contributed by atoms with van der Waals surface area (Å²) in [5.41, 5.74) is 1.53. The molecule has 1 heterocycles. The Hall–Kier alpha value is -1.35. The van der Waals surface area contributed by atoms with Crippen molar-refractivity contribution in [2.24, 2.45) is 0 Å². The number of carbonyl (C=O) groups excluding carboxylic acids is 1. The van der Waals surface area contributed by atoms with E-state index < -0.39 is 5.60 Å². The number of benzene rings is 1. The Labute approximate surface area is 95.7 Å². The fraction of sp³-hybridized carbons (Fsp3) is 0.462. The topological polar surface area (TPSA) is 40.5 Å². The lowest BCUT2D eigenvalue weighted by atomic mass is 9.96. The molecule has 0 saturated carbocycles. The molecule has 3 heteroatoms. The van der Waals surface area contributed by atoms with Crippen LogP contribution in [0.4, 0.5) is 0 Å². The molecule has 0 atom stereocenters. The summed E-state index contributed by atoms with van der Waals surface area (Å²) in [7, 11) is 0. The number of aryl methyl sites for hydroxylation is 1. The van der Waals surface area contributed by atoms with E-state index in [9.17, 15) is 9.90 Å². The maximum Gasteiger partial charge on any atom is 0.227 e. The van der Waals surface area contributed by atoms with Crippen LogP contribution in [0.2, 0.25) is 0 Å². The van der Waals surface area contributed by atoms with Crippen molar-refractivity contribution in [1.82, 2.24) is 4.90 Å². The first-order valence-corrected chi connectivity index (χ1v) is 5.52. The van der Waals surface area contributed by atoms with E-state index in [1.807, 2.05) is 31.2 Å². The lowest BCUT2D eigenvalue weighted by molar-refractivity contribution is -0.151. The first kappa shape index (κ1) is 11.1. The molecule has 0 aromatic heterocycles.